The average Bonchev–Trinajstić information content (AvgIpc) is 2.26. The molecule has 0 bridgehead atoms. The zero-order valence-electron chi connectivity index (χ0n) is 11.9. The Balaban J connectivity index is 2.40. The lowest BCUT2D eigenvalue weighted by molar-refractivity contribution is -0.167. The maximum atomic E-state index is 12.2. The SMILES string of the molecule is COC(=O)[C@@H]1C(=O)CC[C@@H]2C(C)(C)CCC[C@]12C. The smallest absolute Gasteiger partial charge is 0.316 e. The van der Waals surface area contributed by atoms with Gasteiger partial charge in [0, 0.05) is 6.42 Å². The van der Waals surface area contributed by atoms with Crippen LogP contribution in [0.15, 0.2) is 0 Å². The highest BCUT2D eigenvalue weighted by Crippen LogP contribution is 2.59. The van der Waals surface area contributed by atoms with Crippen molar-refractivity contribution in [1.29, 1.82) is 0 Å². The third kappa shape index (κ3) is 1.88. The van der Waals surface area contributed by atoms with Crippen molar-refractivity contribution >= 4 is 11.8 Å². The second-order valence-corrected chi connectivity index (χ2v) is 6.86. The Kier molecular flexibility index (Phi) is 3.28. The van der Waals surface area contributed by atoms with Crippen molar-refractivity contribution in [3.63, 3.8) is 0 Å². The van der Waals surface area contributed by atoms with Crippen LogP contribution in [-0.4, -0.2) is 18.9 Å². The minimum absolute atomic E-state index is 0.0818. The Hall–Kier alpha value is -0.860. The Morgan fingerprint density at radius 2 is 1.94 bits per heavy atom. The number of hydrogen-bond donors (Lipinski definition) is 0. The number of ether oxygens (including phenoxy) is 1. The van der Waals surface area contributed by atoms with E-state index in [0.717, 1.165) is 19.3 Å². The maximum Gasteiger partial charge on any atom is 0.316 e. The summed E-state index contributed by atoms with van der Waals surface area (Å²) in [5, 5.41) is 0. The summed E-state index contributed by atoms with van der Waals surface area (Å²) in [5.41, 5.74) is 0.0180. The number of ketones is 1. The lowest BCUT2D eigenvalue weighted by Gasteiger charge is -2.55. The molecular formula is C15H24O3. The Morgan fingerprint density at radius 3 is 2.56 bits per heavy atom. The normalized spacial score (nSPS) is 39.0. The lowest BCUT2D eigenvalue weighted by Crippen LogP contribution is -2.54. The van der Waals surface area contributed by atoms with E-state index in [-0.39, 0.29) is 22.6 Å². The molecule has 18 heavy (non-hydrogen) atoms. The molecule has 0 radical (unpaired) electrons. The molecule has 0 aromatic carbocycles. The van der Waals surface area contributed by atoms with Crippen LogP contribution in [0.5, 0.6) is 0 Å². The number of Topliss-reactive ketones (excluding diaryl/α,β-unsaturated/α-hetero) is 1. The lowest BCUT2D eigenvalue weighted by atomic mass is 9.48. The van der Waals surface area contributed by atoms with Crippen LogP contribution >= 0.6 is 0 Å². The molecular weight excluding hydrogens is 228 g/mol. The van der Waals surface area contributed by atoms with E-state index in [9.17, 15) is 9.59 Å². The van der Waals surface area contributed by atoms with Gasteiger partial charge in [-0.05, 0) is 36.0 Å². The minimum Gasteiger partial charge on any atom is -0.468 e. The summed E-state index contributed by atoms with van der Waals surface area (Å²) in [5.74, 6) is -0.343. The molecule has 2 saturated carbocycles. The van der Waals surface area contributed by atoms with Crippen molar-refractivity contribution < 1.29 is 14.3 Å². The first-order valence-corrected chi connectivity index (χ1v) is 6.93. The van der Waals surface area contributed by atoms with Crippen molar-refractivity contribution in [3.8, 4) is 0 Å². The average molecular weight is 252 g/mol. The Morgan fingerprint density at radius 1 is 1.28 bits per heavy atom. The van der Waals surface area contributed by atoms with Gasteiger partial charge >= 0.3 is 5.97 Å². The molecule has 0 amide bonds. The fourth-order valence-corrected chi connectivity index (χ4v) is 4.55. The van der Waals surface area contributed by atoms with Gasteiger partial charge in [-0.2, -0.15) is 0 Å². The van der Waals surface area contributed by atoms with E-state index in [1.807, 2.05) is 0 Å². The molecule has 0 unspecified atom stereocenters. The summed E-state index contributed by atoms with van der Waals surface area (Å²) in [6, 6.07) is 0. The molecule has 2 fully saturated rings. The summed E-state index contributed by atoms with van der Waals surface area (Å²) < 4.78 is 4.88. The van der Waals surface area contributed by atoms with Crippen molar-refractivity contribution in [1.82, 2.24) is 0 Å². The molecule has 0 aromatic heterocycles. The highest BCUT2D eigenvalue weighted by molar-refractivity contribution is 6.00. The predicted molar refractivity (Wildman–Crippen MR) is 69.0 cm³/mol. The number of carbonyl (C=O) groups excluding carboxylic acids is 2. The number of methoxy groups -OCH3 is 1. The molecule has 0 aliphatic heterocycles. The molecule has 2 rings (SSSR count). The fraction of sp³-hybridized carbons (Fsp3) is 0.867. The number of esters is 1. The highest BCUT2D eigenvalue weighted by atomic mass is 16.5. The van der Waals surface area contributed by atoms with E-state index in [0.29, 0.717) is 12.3 Å². The monoisotopic (exact) mass is 252 g/mol. The Bertz CT molecular complexity index is 364. The van der Waals surface area contributed by atoms with Gasteiger partial charge in [0.1, 0.15) is 11.7 Å². The molecule has 0 aromatic rings. The van der Waals surface area contributed by atoms with Crippen molar-refractivity contribution in [2.45, 2.75) is 52.9 Å². The molecule has 3 heteroatoms. The maximum absolute atomic E-state index is 12.2. The van der Waals surface area contributed by atoms with Gasteiger partial charge in [0.2, 0.25) is 0 Å². The van der Waals surface area contributed by atoms with Crippen LogP contribution < -0.4 is 0 Å². The molecule has 0 spiro atoms. The first-order valence-electron chi connectivity index (χ1n) is 6.93. The van der Waals surface area contributed by atoms with E-state index in [1.54, 1.807) is 0 Å². The second-order valence-electron chi connectivity index (χ2n) is 6.86. The van der Waals surface area contributed by atoms with Gasteiger partial charge in [0.25, 0.3) is 0 Å². The summed E-state index contributed by atoms with van der Waals surface area (Å²) in [6.07, 6.45) is 4.71. The van der Waals surface area contributed by atoms with Crippen LogP contribution in [0.3, 0.4) is 0 Å². The summed E-state index contributed by atoms with van der Waals surface area (Å²) in [4.78, 5) is 24.2. The first-order chi connectivity index (χ1) is 8.33. The van der Waals surface area contributed by atoms with E-state index in [1.165, 1.54) is 13.5 Å². The van der Waals surface area contributed by atoms with Crippen molar-refractivity contribution in [3.05, 3.63) is 0 Å². The van der Waals surface area contributed by atoms with Crippen LogP contribution in [0.1, 0.15) is 52.9 Å². The molecule has 3 nitrogen and oxygen atoms in total. The highest BCUT2D eigenvalue weighted by Gasteiger charge is 2.57. The largest absolute Gasteiger partial charge is 0.468 e. The van der Waals surface area contributed by atoms with E-state index >= 15 is 0 Å². The van der Waals surface area contributed by atoms with Crippen LogP contribution in [0.4, 0.5) is 0 Å². The van der Waals surface area contributed by atoms with E-state index < -0.39 is 5.92 Å². The first kappa shape index (κ1) is 13.6. The zero-order chi connectivity index (χ0) is 13.6. The zero-order valence-corrected chi connectivity index (χ0v) is 11.9. The second kappa shape index (κ2) is 4.36. The van der Waals surface area contributed by atoms with Gasteiger partial charge in [-0.1, -0.05) is 27.2 Å². The van der Waals surface area contributed by atoms with Crippen molar-refractivity contribution in [2.24, 2.45) is 22.7 Å². The molecule has 0 heterocycles. The Labute approximate surface area is 109 Å². The van der Waals surface area contributed by atoms with E-state index in [4.69, 9.17) is 4.74 Å². The van der Waals surface area contributed by atoms with Crippen LogP contribution in [0.2, 0.25) is 0 Å². The molecule has 2 aliphatic rings. The molecule has 0 saturated heterocycles. The summed E-state index contributed by atoms with van der Waals surface area (Å²) >= 11 is 0. The molecule has 3 atom stereocenters. The number of hydrogen-bond acceptors (Lipinski definition) is 3. The van der Waals surface area contributed by atoms with Crippen LogP contribution in [-0.2, 0) is 14.3 Å². The van der Waals surface area contributed by atoms with Crippen LogP contribution in [0.25, 0.3) is 0 Å². The summed E-state index contributed by atoms with van der Waals surface area (Å²) in [7, 11) is 1.39. The predicted octanol–water partition coefficient (Wildman–Crippen LogP) is 2.97. The summed E-state index contributed by atoms with van der Waals surface area (Å²) in [6.45, 7) is 6.68. The van der Waals surface area contributed by atoms with Gasteiger partial charge in [-0.3, -0.25) is 9.59 Å². The standard InChI is InChI=1S/C15H24O3/c1-14(2)8-5-9-15(3)11(14)7-6-10(16)12(15)13(17)18-4/h11-12H,5-9H2,1-4H3/t11-,12+,15+/m1/s1. The molecule has 102 valence electrons. The van der Waals surface area contributed by atoms with Gasteiger partial charge < -0.3 is 4.74 Å². The van der Waals surface area contributed by atoms with Crippen LogP contribution in [0, 0.1) is 22.7 Å². The third-order valence-corrected chi connectivity index (χ3v) is 5.37. The van der Waals surface area contributed by atoms with E-state index in [2.05, 4.69) is 20.8 Å². The quantitative estimate of drug-likeness (QED) is 0.532. The van der Waals surface area contributed by atoms with Gasteiger partial charge in [0.15, 0.2) is 0 Å². The van der Waals surface area contributed by atoms with Gasteiger partial charge in [-0.15, -0.1) is 0 Å². The fourth-order valence-electron chi connectivity index (χ4n) is 4.55. The topological polar surface area (TPSA) is 43.4 Å². The minimum atomic E-state index is -0.541. The van der Waals surface area contributed by atoms with Gasteiger partial charge in [0.05, 0.1) is 7.11 Å². The number of rotatable bonds is 1. The number of fused-ring (bicyclic) bond motifs is 1. The van der Waals surface area contributed by atoms with Gasteiger partial charge in [-0.25, -0.2) is 0 Å². The molecule has 2 aliphatic carbocycles. The molecule has 0 N–H and O–H groups in total. The van der Waals surface area contributed by atoms with Crippen molar-refractivity contribution in [2.75, 3.05) is 7.11 Å². The number of carbonyl (C=O) groups is 2. The third-order valence-electron chi connectivity index (χ3n) is 5.37.